The zero-order chi connectivity index (χ0) is 15.2. The van der Waals surface area contributed by atoms with E-state index in [1.54, 1.807) is 13.2 Å². The van der Waals surface area contributed by atoms with E-state index in [-0.39, 0.29) is 0 Å². The van der Waals surface area contributed by atoms with Crippen LogP contribution in [-0.2, 0) is 13.0 Å². The van der Waals surface area contributed by atoms with Gasteiger partial charge in [0.15, 0.2) is 11.5 Å². The molecule has 0 fully saturated rings. The standard InChI is InChI=1S/C16H19N3O2/c1-3-14-13(18)10-12(11-17)19(14)8-9-21-16-7-5-4-6-15(16)20-2/h4-7,10H,3,8-9,18H2,1-2H3. The fraction of sp³-hybridized carbons (Fsp3) is 0.312. The monoisotopic (exact) mass is 285 g/mol. The Morgan fingerprint density at radius 1 is 1.29 bits per heavy atom. The summed E-state index contributed by atoms with van der Waals surface area (Å²) >= 11 is 0. The second-order valence-corrected chi connectivity index (χ2v) is 4.55. The summed E-state index contributed by atoms with van der Waals surface area (Å²) in [6.07, 6.45) is 0.780. The molecule has 110 valence electrons. The molecular weight excluding hydrogens is 266 g/mol. The first-order valence-electron chi connectivity index (χ1n) is 6.85. The molecule has 0 spiro atoms. The van der Waals surface area contributed by atoms with E-state index in [2.05, 4.69) is 6.07 Å². The number of methoxy groups -OCH3 is 1. The van der Waals surface area contributed by atoms with Gasteiger partial charge in [0.2, 0.25) is 0 Å². The minimum atomic E-state index is 0.441. The van der Waals surface area contributed by atoms with Crippen molar-refractivity contribution in [2.45, 2.75) is 19.9 Å². The molecule has 0 saturated heterocycles. The lowest BCUT2D eigenvalue weighted by atomic mass is 10.3. The number of hydrogen-bond acceptors (Lipinski definition) is 4. The molecule has 1 heterocycles. The molecule has 0 saturated carbocycles. The van der Waals surface area contributed by atoms with Crippen molar-refractivity contribution in [3.05, 3.63) is 41.7 Å². The topological polar surface area (TPSA) is 73.2 Å². The van der Waals surface area contributed by atoms with Crippen LogP contribution >= 0.6 is 0 Å². The molecule has 0 bridgehead atoms. The molecule has 2 rings (SSSR count). The van der Waals surface area contributed by atoms with Crippen molar-refractivity contribution in [1.29, 1.82) is 5.26 Å². The molecular formula is C16H19N3O2. The number of nitriles is 1. The van der Waals surface area contributed by atoms with Crippen LogP contribution in [0.2, 0.25) is 0 Å². The van der Waals surface area contributed by atoms with Crippen LogP contribution in [0.3, 0.4) is 0 Å². The molecule has 1 aromatic heterocycles. The van der Waals surface area contributed by atoms with E-state index in [9.17, 15) is 0 Å². The van der Waals surface area contributed by atoms with Gasteiger partial charge in [-0.15, -0.1) is 0 Å². The fourth-order valence-electron chi connectivity index (χ4n) is 2.34. The van der Waals surface area contributed by atoms with E-state index in [4.69, 9.17) is 20.5 Å². The first kappa shape index (κ1) is 14.8. The Hall–Kier alpha value is -2.61. The van der Waals surface area contributed by atoms with E-state index in [0.29, 0.717) is 36.0 Å². The molecule has 5 nitrogen and oxygen atoms in total. The van der Waals surface area contributed by atoms with E-state index < -0.39 is 0 Å². The quantitative estimate of drug-likeness (QED) is 0.885. The zero-order valence-corrected chi connectivity index (χ0v) is 12.3. The Bertz CT molecular complexity index is 656. The smallest absolute Gasteiger partial charge is 0.161 e. The Morgan fingerprint density at radius 3 is 2.62 bits per heavy atom. The summed E-state index contributed by atoms with van der Waals surface area (Å²) in [4.78, 5) is 0. The molecule has 0 radical (unpaired) electrons. The number of nitrogens with two attached hydrogens (primary N) is 1. The Labute approximate surface area is 124 Å². The summed E-state index contributed by atoms with van der Waals surface area (Å²) in [5.41, 5.74) is 8.11. The number of ether oxygens (including phenoxy) is 2. The molecule has 21 heavy (non-hydrogen) atoms. The molecule has 5 heteroatoms. The third-order valence-corrected chi connectivity index (χ3v) is 3.33. The highest BCUT2D eigenvalue weighted by Crippen LogP contribution is 2.26. The first-order chi connectivity index (χ1) is 10.2. The highest BCUT2D eigenvalue weighted by atomic mass is 16.5. The van der Waals surface area contributed by atoms with Gasteiger partial charge in [0.1, 0.15) is 18.4 Å². The van der Waals surface area contributed by atoms with Crippen LogP contribution in [0.4, 0.5) is 5.69 Å². The van der Waals surface area contributed by atoms with Crippen LogP contribution in [0, 0.1) is 11.3 Å². The summed E-state index contributed by atoms with van der Waals surface area (Å²) in [5, 5.41) is 9.16. The predicted octanol–water partition coefficient (Wildman–Crippen LogP) is 2.59. The molecule has 1 aromatic carbocycles. The summed E-state index contributed by atoms with van der Waals surface area (Å²) in [6, 6.07) is 11.4. The summed E-state index contributed by atoms with van der Waals surface area (Å²) in [5.74, 6) is 1.39. The summed E-state index contributed by atoms with van der Waals surface area (Å²) in [6.45, 7) is 3.03. The molecule has 0 amide bonds. The van der Waals surface area contributed by atoms with Gasteiger partial charge in [-0.3, -0.25) is 0 Å². The number of nitrogen functional groups attached to an aromatic ring is 1. The van der Waals surface area contributed by atoms with Crippen molar-refractivity contribution in [1.82, 2.24) is 4.57 Å². The summed E-state index contributed by atoms with van der Waals surface area (Å²) in [7, 11) is 1.61. The van der Waals surface area contributed by atoms with E-state index in [0.717, 1.165) is 12.1 Å². The molecule has 0 aliphatic rings. The number of rotatable bonds is 6. The number of benzene rings is 1. The minimum Gasteiger partial charge on any atom is -0.493 e. The van der Waals surface area contributed by atoms with Crippen LogP contribution in [-0.4, -0.2) is 18.3 Å². The number of aromatic nitrogens is 1. The zero-order valence-electron chi connectivity index (χ0n) is 12.3. The van der Waals surface area contributed by atoms with E-state index in [1.165, 1.54) is 0 Å². The number of hydrogen-bond donors (Lipinski definition) is 1. The van der Waals surface area contributed by atoms with Gasteiger partial charge in [0.25, 0.3) is 0 Å². The van der Waals surface area contributed by atoms with Gasteiger partial charge >= 0.3 is 0 Å². The van der Waals surface area contributed by atoms with Crippen LogP contribution in [0.1, 0.15) is 18.3 Å². The third kappa shape index (κ3) is 3.11. The van der Waals surface area contributed by atoms with E-state index >= 15 is 0 Å². The van der Waals surface area contributed by atoms with Crippen molar-refractivity contribution in [3.8, 4) is 17.6 Å². The molecule has 2 N–H and O–H groups in total. The van der Waals surface area contributed by atoms with Gasteiger partial charge in [0.05, 0.1) is 19.3 Å². The van der Waals surface area contributed by atoms with Crippen LogP contribution in [0.25, 0.3) is 0 Å². The number of nitrogens with zero attached hydrogens (tertiary/aromatic N) is 2. The van der Waals surface area contributed by atoms with Gasteiger partial charge in [-0.1, -0.05) is 19.1 Å². The molecule has 0 unspecified atom stereocenters. The van der Waals surface area contributed by atoms with Gasteiger partial charge in [-0.2, -0.15) is 5.26 Å². The maximum atomic E-state index is 9.16. The van der Waals surface area contributed by atoms with Gasteiger partial charge in [-0.05, 0) is 24.6 Å². The SMILES string of the molecule is CCc1c(N)cc(C#N)n1CCOc1ccccc1OC. The normalized spacial score (nSPS) is 10.1. The highest BCUT2D eigenvalue weighted by molar-refractivity contribution is 5.50. The largest absolute Gasteiger partial charge is 0.493 e. The Balaban J connectivity index is 2.09. The lowest BCUT2D eigenvalue weighted by Crippen LogP contribution is -2.13. The van der Waals surface area contributed by atoms with Gasteiger partial charge < -0.3 is 19.8 Å². The van der Waals surface area contributed by atoms with Crippen molar-refractivity contribution < 1.29 is 9.47 Å². The van der Waals surface area contributed by atoms with Gasteiger partial charge in [0, 0.05) is 5.69 Å². The maximum Gasteiger partial charge on any atom is 0.161 e. The minimum absolute atomic E-state index is 0.441. The lowest BCUT2D eigenvalue weighted by molar-refractivity contribution is 0.278. The van der Waals surface area contributed by atoms with E-state index in [1.807, 2.05) is 35.8 Å². The Morgan fingerprint density at radius 2 is 2.00 bits per heavy atom. The third-order valence-electron chi connectivity index (χ3n) is 3.33. The van der Waals surface area contributed by atoms with Crippen molar-refractivity contribution in [2.24, 2.45) is 0 Å². The highest BCUT2D eigenvalue weighted by Gasteiger charge is 2.11. The maximum absolute atomic E-state index is 9.16. The molecule has 0 atom stereocenters. The molecule has 0 aliphatic heterocycles. The lowest BCUT2D eigenvalue weighted by Gasteiger charge is -2.13. The van der Waals surface area contributed by atoms with Crippen molar-refractivity contribution >= 4 is 5.69 Å². The average Bonchev–Trinajstić information content (AvgIpc) is 2.83. The van der Waals surface area contributed by atoms with Crippen LogP contribution in [0.5, 0.6) is 11.5 Å². The van der Waals surface area contributed by atoms with Crippen molar-refractivity contribution in [2.75, 3.05) is 19.5 Å². The summed E-state index contributed by atoms with van der Waals surface area (Å²) < 4.78 is 12.9. The first-order valence-corrected chi connectivity index (χ1v) is 6.85. The number of anilines is 1. The van der Waals surface area contributed by atoms with Crippen LogP contribution in [0.15, 0.2) is 30.3 Å². The van der Waals surface area contributed by atoms with Crippen molar-refractivity contribution in [3.63, 3.8) is 0 Å². The molecule has 0 aliphatic carbocycles. The fourth-order valence-corrected chi connectivity index (χ4v) is 2.34. The molecule has 2 aromatic rings. The van der Waals surface area contributed by atoms with Gasteiger partial charge in [-0.25, -0.2) is 0 Å². The second-order valence-electron chi connectivity index (χ2n) is 4.55. The average molecular weight is 285 g/mol. The predicted molar refractivity (Wildman–Crippen MR) is 81.4 cm³/mol. The number of para-hydroxylation sites is 2. The van der Waals surface area contributed by atoms with Crippen LogP contribution < -0.4 is 15.2 Å². The second kappa shape index (κ2) is 6.71. The Kier molecular flexibility index (Phi) is 4.72.